The Hall–Kier alpha value is -0.540. The molecule has 1 aromatic rings. The summed E-state index contributed by atoms with van der Waals surface area (Å²) in [6.07, 6.45) is 6.67. The van der Waals surface area contributed by atoms with E-state index in [9.17, 15) is 5.11 Å². The van der Waals surface area contributed by atoms with Gasteiger partial charge in [-0.3, -0.25) is 0 Å². The second kappa shape index (κ2) is 6.27. The Balaban J connectivity index is 2.05. The molecule has 1 aliphatic carbocycles. The highest BCUT2D eigenvalue weighted by Gasteiger charge is 2.27. The second-order valence-electron chi connectivity index (χ2n) is 5.91. The van der Waals surface area contributed by atoms with E-state index in [1.165, 1.54) is 29.7 Å². The first-order chi connectivity index (χ1) is 9.00. The molecule has 3 heteroatoms. The minimum Gasteiger partial charge on any atom is -0.388 e. The van der Waals surface area contributed by atoms with E-state index in [1.54, 1.807) is 0 Å². The van der Waals surface area contributed by atoms with Crippen LogP contribution in [0.15, 0.2) is 16.6 Å². The van der Waals surface area contributed by atoms with Crippen LogP contribution in [-0.4, -0.2) is 17.3 Å². The van der Waals surface area contributed by atoms with Crippen molar-refractivity contribution in [2.24, 2.45) is 0 Å². The van der Waals surface area contributed by atoms with Gasteiger partial charge in [0.15, 0.2) is 0 Å². The van der Waals surface area contributed by atoms with Gasteiger partial charge in [-0.2, -0.15) is 0 Å². The first kappa shape index (κ1) is 14.9. The van der Waals surface area contributed by atoms with E-state index in [1.807, 2.05) is 0 Å². The molecule has 0 aromatic heterocycles. The average molecular weight is 326 g/mol. The van der Waals surface area contributed by atoms with Crippen LogP contribution in [0, 0.1) is 13.8 Å². The SMILES string of the molecule is Cc1cc(Br)cc(C)c1NCC1(O)CCCCCC1. The van der Waals surface area contributed by atoms with Crippen LogP contribution in [0.1, 0.15) is 49.7 Å². The summed E-state index contributed by atoms with van der Waals surface area (Å²) >= 11 is 3.52. The Morgan fingerprint density at radius 2 is 1.63 bits per heavy atom. The van der Waals surface area contributed by atoms with Gasteiger partial charge in [-0.1, -0.05) is 41.6 Å². The maximum Gasteiger partial charge on any atom is 0.0819 e. The van der Waals surface area contributed by atoms with Crippen LogP contribution in [0.4, 0.5) is 5.69 Å². The van der Waals surface area contributed by atoms with Crippen molar-refractivity contribution in [2.75, 3.05) is 11.9 Å². The second-order valence-corrected chi connectivity index (χ2v) is 6.82. The molecule has 0 radical (unpaired) electrons. The molecule has 2 nitrogen and oxygen atoms in total. The van der Waals surface area contributed by atoms with Gasteiger partial charge in [0.1, 0.15) is 0 Å². The van der Waals surface area contributed by atoms with Crippen LogP contribution in [0.25, 0.3) is 0 Å². The van der Waals surface area contributed by atoms with E-state index >= 15 is 0 Å². The molecule has 2 N–H and O–H groups in total. The summed E-state index contributed by atoms with van der Waals surface area (Å²) in [6.45, 7) is 4.88. The van der Waals surface area contributed by atoms with Crippen molar-refractivity contribution in [3.63, 3.8) is 0 Å². The minimum atomic E-state index is -0.525. The number of anilines is 1. The monoisotopic (exact) mass is 325 g/mol. The molecule has 0 spiro atoms. The predicted molar refractivity (Wildman–Crippen MR) is 84.8 cm³/mol. The third kappa shape index (κ3) is 3.96. The molecular formula is C16H24BrNO. The molecule has 0 saturated heterocycles. The van der Waals surface area contributed by atoms with Gasteiger partial charge in [-0.05, 0) is 49.9 Å². The first-order valence-electron chi connectivity index (χ1n) is 7.23. The minimum absolute atomic E-state index is 0.525. The maximum absolute atomic E-state index is 10.7. The number of hydrogen-bond donors (Lipinski definition) is 2. The van der Waals surface area contributed by atoms with Crippen LogP contribution in [0.2, 0.25) is 0 Å². The molecule has 0 heterocycles. The lowest BCUT2D eigenvalue weighted by molar-refractivity contribution is 0.0381. The highest BCUT2D eigenvalue weighted by atomic mass is 79.9. The number of aryl methyl sites for hydroxylation is 2. The fraction of sp³-hybridized carbons (Fsp3) is 0.625. The molecule has 0 amide bonds. The van der Waals surface area contributed by atoms with Crippen LogP contribution in [0.3, 0.4) is 0 Å². The van der Waals surface area contributed by atoms with Crippen LogP contribution >= 0.6 is 15.9 Å². The van der Waals surface area contributed by atoms with Gasteiger partial charge in [0.2, 0.25) is 0 Å². The summed E-state index contributed by atoms with van der Waals surface area (Å²) in [6, 6.07) is 4.24. The standard InChI is InChI=1S/C16H24BrNO/c1-12-9-14(17)10-13(2)15(12)18-11-16(19)7-5-3-4-6-8-16/h9-10,18-19H,3-8,11H2,1-2H3. The van der Waals surface area contributed by atoms with Gasteiger partial charge in [0, 0.05) is 16.7 Å². The number of aliphatic hydroxyl groups is 1. The topological polar surface area (TPSA) is 32.3 Å². The molecular weight excluding hydrogens is 302 g/mol. The molecule has 19 heavy (non-hydrogen) atoms. The lowest BCUT2D eigenvalue weighted by Crippen LogP contribution is -2.36. The lowest BCUT2D eigenvalue weighted by atomic mass is 9.94. The van der Waals surface area contributed by atoms with Gasteiger partial charge in [-0.15, -0.1) is 0 Å². The molecule has 1 saturated carbocycles. The van der Waals surface area contributed by atoms with Crippen molar-refractivity contribution < 1.29 is 5.11 Å². The highest BCUT2D eigenvalue weighted by molar-refractivity contribution is 9.10. The zero-order chi connectivity index (χ0) is 13.9. The molecule has 0 aliphatic heterocycles. The van der Waals surface area contributed by atoms with E-state index in [2.05, 4.69) is 47.2 Å². The van der Waals surface area contributed by atoms with E-state index in [-0.39, 0.29) is 0 Å². The van der Waals surface area contributed by atoms with E-state index in [0.717, 1.165) is 30.2 Å². The Morgan fingerprint density at radius 1 is 1.11 bits per heavy atom. The number of nitrogens with one attached hydrogen (secondary N) is 1. The quantitative estimate of drug-likeness (QED) is 0.798. The van der Waals surface area contributed by atoms with Gasteiger partial charge >= 0.3 is 0 Å². The maximum atomic E-state index is 10.7. The lowest BCUT2D eigenvalue weighted by Gasteiger charge is -2.28. The van der Waals surface area contributed by atoms with Crippen molar-refractivity contribution in [1.29, 1.82) is 0 Å². The average Bonchev–Trinajstić information content (AvgIpc) is 2.53. The fourth-order valence-electron chi connectivity index (χ4n) is 3.01. The highest BCUT2D eigenvalue weighted by Crippen LogP contribution is 2.29. The summed E-state index contributed by atoms with van der Waals surface area (Å²) in [5.74, 6) is 0. The smallest absolute Gasteiger partial charge is 0.0819 e. The van der Waals surface area contributed by atoms with Crippen molar-refractivity contribution in [3.8, 4) is 0 Å². The number of rotatable bonds is 3. The van der Waals surface area contributed by atoms with Crippen molar-refractivity contribution in [3.05, 3.63) is 27.7 Å². The summed E-state index contributed by atoms with van der Waals surface area (Å²) in [4.78, 5) is 0. The van der Waals surface area contributed by atoms with E-state index in [0.29, 0.717) is 6.54 Å². The Kier molecular flexibility index (Phi) is 4.91. The van der Waals surface area contributed by atoms with Gasteiger partial charge < -0.3 is 10.4 Å². The first-order valence-corrected chi connectivity index (χ1v) is 8.02. The normalized spacial score (nSPS) is 18.9. The molecule has 0 bridgehead atoms. The summed E-state index contributed by atoms with van der Waals surface area (Å²) in [5, 5.41) is 14.2. The van der Waals surface area contributed by atoms with Crippen molar-refractivity contribution in [2.45, 2.75) is 58.0 Å². The Labute approximate surface area is 124 Å². The summed E-state index contributed by atoms with van der Waals surface area (Å²) in [5.41, 5.74) is 3.09. The predicted octanol–water partition coefficient (Wildman–Crippen LogP) is 4.56. The molecule has 1 aliphatic rings. The summed E-state index contributed by atoms with van der Waals surface area (Å²) in [7, 11) is 0. The number of hydrogen-bond acceptors (Lipinski definition) is 2. The molecule has 1 aromatic carbocycles. The largest absolute Gasteiger partial charge is 0.388 e. The van der Waals surface area contributed by atoms with E-state index in [4.69, 9.17) is 0 Å². The number of benzene rings is 1. The van der Waals surface area contributed by atoms with E-state index < -0.39 is 5.60 Å². The molecule has 106 valence electrons. The third-order valence-corrected chi connectivity index (χ3v) is 4.58. The molecule has 0 atom stereocenters. The molecule has 0 unspecified atom stereocenters. The molecule has 2 rings (SSSR count). The van der Waals surface area contributed by atoms with Gasteiger partial charge in [0.25, 0.3) is 0 Å². The zero-order valence-corrected chi connectivity index (χ0v) is 13.5. The zero-order valence-electron chi connectivity index (χ0n) is 11.9. The van der Waals surface area contributed by atoms with Gasteiger partial charge in [-0.25, -0.2) is 0 Å². The van der Waals surface area contributed by atoms with Crippen molar-refractivity contribution >= 4 is 21.6 Å². The third-order valence-electron chi connectivity index (χ3n) is 4.13. The van der Waals surface area contributed by atoms with Crippen LogP contribution in [0.5, 0.6) is 0 Å². The van der Waals surface area contributed by atoms with Crippen LogP contribution in [-0.2, 0) is 0 Å². The number of halogens is 1. The fourth-order valence-corrected chi connectivity index (χ4v) is 3.69. The van der Waals surface area contributed by atoms with Crippen LogP contribution < -0.4 is 5.32 Å². The van der Waals surface area contributed by atoms with Crippen molar-refractivity contribution in [1.82, 2.24) is 0 Å². The van der Waals surface area contributed by atoms with Gasteiger partial charge in [0.05, 0.1) is 5.60 Å². The summed E-state index contributed by atoms with van der Waals surface area (Å²) < 4.78 is 1.11. The Bertz CT molecular complexity index is 413. The molecule has 1 fully saturated rings. The Morgan fingerprint density at radius 3 is 2.16 bits per heavy atom.